The molecule has 0 aliphatic carbocycles. The summed E-state index contributed by atoms with van der Waals surface area (Å²) in [5, 5.41) is 2.61. The van der Waals surface area contributed by atoms with Crippen molar-refractivity contribution in [3.8, 4) is 0 Å². The van der Waals surface area contributed by atoms with Crippen LogP contribution in [-0.4, -0.2) is 41.3 Å². The van der Waals surface area contributed by atoms with E-state index in [2.05, 4.69) is 10.3 Å². The van der Waals surface area contributed by atoms with Gasteiger partial charge in [0.25, 0.3) is 5.91 Å². The molecular weight excluding hydrogens is 213 g/mol. The number of piperazine rings is 1. The van der Waals surface area contributed by atoms with Gasteiger partial charge in [-0.3, -0.25) is 9.59 Å². The molecule has 6 heteroatoms. The van der Waals surface area contributed by atoms with Crippen molar-refractivity contribution in [1.29, 1.82) is 0 Å². The zero-order chi connectivity index (χ0) is 11.5. The average Bonchev–Trinajstić information content (AvgIpc) is 2.28. The monoisotopic (exact) mass is 223 g/mol. The van der Waals surface area contributed by atoms with Crippen molar-refractivity contribution in [2.24, 2.45) is 0 Å². The van der Waals surface area contributed by atoms with E-state index in [0.29, 0.717) is 13.1 Å². The highest BCUT2D eigenvalue weighted by atomic mass is 19.1. The molecule has 1 aromatic heterocycles. The maximum atomic E-state index is 12.8. The molecule has 1 aliphatic heterocycles. The molecule has 84 valence electrons. The van der Waals surface area contributed by atoms with Crippen molar-refractivity contribution in [1.82, 2.24) is 15.2 Å². The van der Waals surface area contributed by atoms with Crippen LogP contribution in [0.25, 0.3) is 0 Å². The van der Waals surface area contributed by atoms with Crippen LogP contribution in [0.1, 0.15) is 10.4 Å². The van der Waals surface area contributed by atoms with Crippen molar-refractivity contribution in [2.45, 2.75) is 0 Å². The minimum absolute atomic E-state index is 0.0166. The molecule has 2 rings (SSSR count). The quantitative estimate of drug-likeness (QED) is 0.670. The van der Waals surface area contributed by atoms with Gasteiger partial charge in [-0.1, -0.05) is 0 Å². The molecule has 0 bridgehead atoms. The highest BCUT2D eigenvalue weighted by molar-refractivity contribution is 5.96. The highest BCUT2D eigenvalue weighted by Gasteiger charge is 2.22. The van der Waals surface area contributed by atoms with Gasteiger partial charge in [-0.2, -0.15) is 4.39 Å². The van der Waals surface area contributed by atoms with E-state index in [4.69, 9.17) is 0 Å². The van der Waals surface area contributed by atoms with Gasteiger partial charge >= 0.3 is 0 Å². The third-order valence-electron chi connectivity index (χ3n) is 2.30. The normalized spacial score (nSPS) is 15.8. The Labute approximate surface area is 91.3 Å². The highest BCUT2D eigenvalue weighted by Crippen LogP contribution is 2.06. The Kier molecular flexibility index (Phi) is 2.80. The van der Waals surface area contributed by atoms with E-state index in [1.54, 1.807) is 0 Å². The van der Waals surface area contributed by atoms with Crippen LogP contribution in [0.2, 0.25) is 0 Å². The summed E-state index contributed by atoms with van der Waals surface area (Å²) in [5.74, 6) is -1.25. The Morgan fingerprint density at radius 1 is 1.56 bits per heavy atom. The Morgan fingerprint density at radius 2 is 2.38 bits per heavy atom. The Hall–Kier alpha value is -1.98. The zero-order valence-electron chi connectivity index (χ0n) is 8.44. The van der Waals surface area contributed by atoms with E-state index in [1.165, 1.54) is 17.2 Å². The predicted octanol–water partition coefficient (Wildman–Crippen LogP) is -0.207. The van der Waals surface area contributed by atoms with Crippen LogP contribution in [0.15, 0.2) is 18.3 Å². The van der Waals surface area contributed by atoms with Gasteiger partial charge in [-0.05, 0) is 6.07 Å². The van der Waals surface area contributed by atoms with Crippen LogP contribution < -0.4 is 5.32 Å². The lowest BCUT2D eigenvalue weighted by Gasteiger charge is -2.26. The van der Waals surface area contributed by atoms with E-state index in [0.717, 1.165) is 6.07 Å². The van der Waals surface area contributed by atoms with Crippen LogP contribution in [0.3, 0.4) is 0 Å². The standard InChI is InChI=1S/C10H10FN3O2/c11-8-5-7(1-2-12-8)10(16)14-4-3-13-9(15)6-14/h1-2,5H,3-4,6H2,(H,13,15). The smallest absolute Gasteiger partial charge is 0.254 e. The lowest BCUT2D eigenvalue weighted by Crippen LogP contribution is -2.49. The van der Waals surface area contributed by atoms with E-state index < -0.39 is 5.95 Å². The second-order valence-corrected chi connectivity index (χ2v) is 3.44. The minimum Gasteiger partial charge on any atom is -0.353 e. The molecule has 1 aliphatic rings. The summed E-state index contributed by atoms with van der Waals surface area (Å²) in [5.41, 5.74) is 0.210. The lowest BCUT2D eigenvalue weighted by atomic mass is 10.2. The Morgan fingerprint density at radius 3 is 3.06 bits per heavy atom. The van der Waals surface area contributed by atoms with E-state index in [-0.39, 0.29) is 23.9 Å². The summed E-state index contributed by atoms with van der Waals surface area (Å²) in [6.07, 6.45) is 1.23. The SMILES string of the molecule is O=C1CN(C(=O)c2ccnc(F)c2)CCN1. The molecule has 5 nitrogen and oxygen atoms in total. The van der Waals surface area contributed by atoms with E-state index in [1.807, 2.05) is 0 Å². The van der Waals surface area contributed by atoms with Gasteiger partial charge < -0.3 is 10.2 Å². The predicted molar refractivity (Wildman–Crippen MR) is 53.1 cm³/mol. The second-order valence-electron chi connectivity index (χ2n) is 3.44. The molecule has 0 atom stereocenters. The van der Waals surface area contributed by atoms with E-state index in [9.17, 15) is 14.0 Å². The van der Waals surface area contributed by atoms with Crippen molar-refractivity contribution in [3.05, 3.63) is 29.8 Å². The average molecular weight is 223 g/mol. The molecule has 2 amide bonds. The van der Waals surface area contributed by atoms with Crippen molar-refractivity contribution in [2.75, 3.05) is 19.6 Å². The van der Waals surface area contributed by atoms with Crippen molar-refractivity contribution in [3.63, 3.8) is 0 Å². The molecule has 1 fully saturated rings. The van der Waals surface area contributed by atoms with Gasteiger partial charge in [0, 0.05) is 30.9 Å². The fraction of sp³-hybridized carbons (Fsp3) is 0.300. The number of carbonyl (C=O) groups is 2. The number of carbonyl (C=O) groups excluding carboxylic acids is 2. The topological polar surface area (TPSA) is 62.3 Å². The lowest BCUT2D eigenvalue weighted by molar-refractivity contribution is -0.123. The summed E-state index contributed by atoms with van der Waals surface area (Å²) in [6.45, 7) is 0.884. The molecule has 1 saturated heterocycles. The van der Waals surface area contributed by atoms with Crippen LogP contribution in [0.5, 0.6) is 0 Å². The van der Waals surface area contributed by atoms with Gasteiger partial charge in [0.1, 0.15) is 0 Å². The van der Waals surface area contributed by atoms with Gasteiger partial charge in [0.05, 0.1) is 6.54 Å². The van der Waals surface area contributed by atoms with Crippen molar-refractivity contribution < 1.29 is 14.0 Å². The summed E-state index contributed by atoms with van der Waals surface area (Å²) < 4.78 is 12.8. The number of nitrogens with zero attached hydrogens (tertiary/aromatic N) is 2. The van der Waals surface area contributed by atoms with Gasteiger partial charge in [-0.25, -0.2) is 4.98 Å². The summed E-state index contributed by atoms with van der Waals surface area (Å²) in [4.78, 5) is 27.7. The second kappa shape index (κ2) is 4.26. The number of hydrogen-bond acceptors (Lipinski definition) is 3. The fourth-order valence-corrected chi connectivity index (χ4v) is 1.53. The summed E-state index contributed by atoms with van der Waals surface area (Å²) in [7, 11) is 0. The zero-order valence-corrected chi connectivity index (χ0v) is 8.44. The number of amides is 2. The number of hydrogen-bond donors (Lipinski definition) is 1. The van der Waals surface area contributed by atoms with Gasteiger partial charge in [0.2, 0.25) is 11.9 Å². The number of aromatic nitrogens is 1. The van der Waals surface area contributed by atoms with E-state index >= 15 is 0 Å². The Balaban J connectivity index is 2.15. The molecular formula is C10H10FN3O2. The number of rotatable bonds is 1. The molecule has 2 heterocycles. The first-order valence-corrected chi connectivity index (χ1v) is 4.84. The maximum Gasteiger partial charge on any atom is 0.254 e. The molecule has 16 heavy (non-hydrogen) atoms. The minimum atomic E-state index is -0.702. The van der Waals surface area contributed by atoms with Crippen LogP contribution in [0.4, 0.5) is 4.39 Å². The van der Waals surface area contributed by atoms with Crippen molar-refractivity contribution >= 4 is 11.8 Å². The summed E-state index contributed by atoms with van der Waals surface area (Å²) in [6, 6.07) is 2.49. The van der Waals surface area contributed by atoms with Gasteiger partial charge in [-0.15, -0.1) is 0 Å². The summed E-state index contributed by atoms with van der Waals surface area (Å²) >= 11 is 0. The Bertz CT molecular complexity index is 436. The molecule has 1 aromatic rings. The number of pyridine rings is 1. The first-order valence-electron chi connectivity index (χ1n) is 4.84. The molecule has 0 unspecified atom stereocenters. The molecule has 1 N–H and O–H groups in total. The molecule has 0 aromatic carbocycles. The van der Waals surface area contributed by atoms with Crippen LogP contribution in [0, 0.1) is 5.95 Å². The third-order valence-corrected chi connectivity index (χ3v) is 2.30. The third kappa shape index (κ3) is 2.16. The molecule has 0 radical (unpaired) electrons. The molecule has 0 saturated carbocycles. The largest absolute Gasteiger partial charge is 0.353 e. The van der Waals surface area contributed by atoms with Gasteiger partial charge in [0.15, 0.2) is 0 Å². The molecule has 0 spiro atoms. The first-order chi connectivity index (χ1) is 7.66. The first kappa shape index (κ1) is 10.5. The number of nitrogens with one attached hydrogen (secondary N) is 1. The van der Waals surface area contributed by atoms with Crippen LogP contribution in [-0.2, 0) is 4.79 Å². The van der Waals surface area contributed by atoms with Crippen LogP contribution >= 0.6 is 0 Å². The fourth-order valence-electron chi connectivity index (χ4n) is 1.53. The number of halogens is 1. The maximum absolute atomic E-state index is 12.8.